The number of aromatic nitrogens is 6. The second-order valence-corrected chi connectivity index (χ2v) is 7.61. The highest BCUT2D eigenvalue weighted by Crippen LogP contribution is 2.29. The maximum absolute atomic E-state index is 13.3. The Balaban J connectivity index is 1.62. The summed E-state index contributed by atoms with van der Waals surface area (Å²) in [6.07, 6.45) is 4.81. The van der Waals surface area contributed by atoms with Crippen LogP contribution in [0, 0.1) is 0 Å². The highest BCUT2D eigenvalue weighted by Gasteiger charge is 2.23. The van der Waals surface area contributed by atoms with E-state index in [1.807, 2.05) is 74.5 Å². The molecule has 0 saturated carbocycles. The molecule has 0 aliphatic heterocycles. The van der Waals surface area contributed by atoms with Gasteiger partial charge < -0.3 is 10.2 Å². The van der Waals surface area contributed by atoms with Gasteiger partial charge in [0.05, 0.1) is 29.2 Å². The van der Waals surface area contributed by atoms with E-state index in [0.29, 0.717) is 35.9 Å². The van der Waals surface area contributed by atoms with E-state index < -0.39 is 0 Å². The second-order valence-electron chi connectivity index (χ2n) is 7.61. The summed E-state index contributed by atoms with van der Waals surface area (Å²) in [5.74, 6) is 0.981. The summed E-state index contributed by atoms with van der Waals surface area (Å²) < 4.78 is 3.48. The molecule has 1 N–H and O–H groups in total. The Morgan fingerprint density at radius 2 is 1.47 bits per heavy atom. The molecule has 0 atom stereocenters. The van der Waals surface area contributed by atoms with E-state index in [1.165, 1.54) is 6.33 Å². The fourth-order valence-electron chi connectivity index (χ4n) is 3.89. The van der Waals surface area contributed by atoms with Gasteiger partial charge in [0.25, 0.3) is 5.91 Å². The van der Waals surface area contributed by atoms with Crippen LogP contribution in [0.25, 0.3) is 22.4 Å². The molecule has 9 heteroatoms. The van der Waals surface area contributed by atoms with Crippen molar-refractivity contribution in [3.8, 4) is 11.4 Å². The number of benzene rings is 2. The minimum atomic E-state index is -0.0973. The van der Waals surface area contributed by atoms with Crippen molar-refractivity contribution >= 4 is 28.6 Å². The zero-order valence-electron chi connectivity index (χ0n) is 19.0. The molecule has 0 spiro atoms. The minimum absolute atomic E-state index is 0.0973. The monoisotopic (exact) mass is 452 g/mol. The molecule has 0 radical (unpaired) electrons. The summed E-state index contributed by atoms with van der Waals surface area (Å²) in [6.45, 7) is 5.13. The first-order chi connectivity index (χ1) is 16.7. The lowest BCUT2D eigenvalue weighted by Crippen LogP contribution is -2.30. The van der Waals surface area contributed by atoms with Gasteiger partial charge in [-0.15, -0.1) is 0 Å². The average molecular weight is 453 g/mol. The van der Waals surface area contributed by atoms with E-state index in [0.717, 1.165) is 16.8 Å². The molecule has 3 heterocycles. The molecule has 1 amide bonds. The molecule has 34 heavy (non-hydrogen) atoms. The first-order valence-corrected chi connectivity index (χ1v) is 11.1. The van der Waals surface area contributed by atoms with Gasteiger partial charge in [0.1, 0.15) is 23.5 Å². The third kappa shape index (κ3) is 3.77. The number of rotatable bonds is 7. The van der Waals surface area contributed by atoms with Crippen molar-refractivity contribution in [2.45, 2.75) is 13.8 Å². The largest absolute Gasteiger partial charge is 0.339 e. The molecule has 9 nitrogen and oxygen atoms in total. The molecule has 0 unspecified atom stereocenters. The van der Waals surface area contributed by atoms with Gasteiger partial charge in [-0.2, -0.15) is 10.2 Å². The van der Waals surface area contributed by atoms with E-state index in [-0.39, 0.29) is 5.91 Å². The third-order valence-corrected chi connectivity index (χ3v) is 5.65. The Labute approximate surface area is 196 Å². The van der Waals surface area contributed by atoms with Gasteiger partial charge in [-0.05, 0) is 38.1 Å². The van der Waals surface area contributed by atoms with Crippen LogP contribution in [0.15, 0.2) is 79.4 Å². The van der Waals surface area contributed by atoms with Crippen LogP contribution in [0.5, 0.6) is 0 Å². The van der Waals surface area contributed by atoms with Gasteiger partial charge in [-0.25, -0.2) is 19.3 Å². The van der Waals surface area contributed by atoms with Crippen molar-refractivity contribution in [1.29, 1.82) is 0 Å². The number of carbonyl (C=O) groups excluding carboxylic acids is 1. The SMILES string of the molecule is CCN(CC)C(=O)c1cnn(-c2ccccc2)c1Nc1ncnc2c1cnn2-c1ccccc1. The fourth-order valence-corrected chi connectivity index (χ4v) is 3.89. The summed E-state index contributed by atoms with van der Waals surface area (Å²) in [5.41, 5.74) is 2.85. The van der Waals surface area contributed by atoms with Crippen LogP contribution in [0.2, 0.25) is 0 Å². The Morgan fingerprint density at radius 1 is 0.853 bits per heavy atom. The number of hydrogen-bond acceptors (Lipinski definition) is 6. The van der Waals surface area contributed by atoms with Crippen LogP contribution in [0.1, 0.15) is 24.2 Å². The van der Waals surface area contributed by atoms with E-state index in [1.54, 1.807) is 26.7 Å². The fraction of sp³-hybridized carbons (Fsp3) is 0.160. The highest BCUT2D eigenvalue weighted by molar-refractivity contribution is 6.00. The summed E-state index contributed by atoms with van der Waals surface area (Å²) in [7, 11) is 0. The van der Waals surface area contributed by atoms with Gasteiger partial charge in [-0.1, -0.05) is 36.4 Å². The molecule has 0 saturated heterocycles. The lowest BCUT2D eigenvalue weighted by molar-refractivity contribution is 0.0774. The molecule has 3 aromatic heterocycles. The normalized spacial score (nSPS) is 11.0. The number of carbonyl (C=O) groups is 1. The molecule has 170 valence electrons. The lowest BCUT2D eigenvalue weighted by Gasteiger charge is -2.19. The van der Waals surface area contributed by atoms with Crippen molar-refractivity contribution < 1.29 is 4.79 Å². The number of nitrogens with zero attached hydrogens (tertiary/aromatic N) is 7. The van der Waals surface area contributed by atoms with Crippen LogP contribution in [0.3, 0.4) is 0 Å². The third-order valence-electron chi connectivity index (χ3n) is 5.65. The minimum Gasteiger partial charge on any atom is -0.339 e. The van der Waals surface area contributed by atoms with Crippen LogP contribution in [0.4, 0.5) is 11.6 Å². The maximum Gasteiger partial charge on any atom is 0.259 e. The van der Waals surface area contributed by atoms with Crippen molar-refractivity contribution in [2.75, 3.05) is 18.4 Å². The number of para-hydroxylation sites is 2. The van der Waals surface area contributed by atoms with Crippen molar-refractivity contribution in [1.82, 2.24) is 34.4 Å². The number of hydrogen-bond donors (Lipinski definition) is 1. The Hall–Kier alpha value is -4.53. The first-order valence-electron chi connectivity index (χ1n) is 11.1. The van der Waals surface area contributed by atoms with Gasteiger partial charge in [0.15, 0.2) is 5.65 Å². The molecular formula is C25H24N8O. The summed E-state index contributed by atoms with van der Waals surface area (Å²) in [5, 5.41) is 13.1. The zero-order chi connectivity index (χ0) is 23.5. The van der Waals surface area contributed by atoms with Crippen LogP contribution < -0.4 is 5.32 Å². The van der Waals surface area contributed by atoms with E-state index in [9.17, 15) is 4.79 Å². The van der Waals surface area contributed by atoms with Gasteiger partial charge in [-0.3, -0.25) is 4.79 Å². The van der Waals surface area contributed by atoms with Crippen molar-refractivity contribution in [2.24, 2.45) is 0 Å². The summed E-state index contributed by atoms with van der Waals surface area (Å²) in [4.78, 5) is 24.0. The number of anilines is 2. The molecule has 0 fully saturated rings. The molecule has 0 aliphatic carbocycles. The second kappa shape index (κ2) is 9.14. The molecule has 5 aromatic rings. The molecule has 2 aromatic carbocycles. The number of fused-ring (bicyclic) bond motifs is 1. The first kappa shape index (κ1) is 21.3. The standard InChI is InChI=1S/C25H24N8O/c1-3-31(4-2)25(34)21-16-29-33(19-13-9-6-10-14-19)24(21)30-22-20-15-28-32(23(20)27-17-26-22)18-11-7-5-8-12-18/h5-17H,3-4H2,1-2H3,(H,26,27,30). The van der Waals surface area contributed by atoms with Crippen molar-refractivity contribution in [3.05, 3.63) is 84.9 Å². The van der Waals surface area contributed by atoms with Gasteiger partial charge in [0, 0.05) is 13.1 Å². The Kier molecular flexibility index (Phi) is 5.73. The van der Waals surface area contributed by atoms with Crippen LogP contribution in [-0.4, -0.2) is 53.4 Å². The predicted octanol–water partition coefficient (Wildman–Crippen LogP) is 4.23. The van der Waals surface area contributed by atoms with Crippen molar-refractivity contribution in [3.63, 3.8) is 0 Å². The van der Waals surface area contributed by atoms with E-state index in [4.69, 9.17) is 0 Å². The molecule has 0 aliphatic rings. The summed E-state index contributed by atoms with van der Waals surface area (Å²) >= 11 is 0. The predicted molar refractivity (Wildman–Crippen MR) is 131 cm³/mol. The van der Waals surface area contributed by atoms with Gasteiger partial charge >= 0.3 is 0 Å². The van der Waals surface area contributed by atoms with Crippen LogP contribution >= 0.6 is 0 Å². The lowest BCUT2D eigenvalue weighted by atomic mass is 10.2. The zero-order valence-corrected chi connectivity index (χ0v) is 19.0. The average Bonchev–Trinajstić information content (AvgIpc) is 3.51. The van der Waals surface area contributed by atoms with Gasteiger partial charge in [0.2, 0.25) is 0 Å². The number of amides is 1. The highest BCUT2D eigenvalue weighted by atomic mass is 16.2. The molecular weight excluding hydrogens is 428 g/mol. The number of nitrogens with one attached hydrogen (secondary N) is 1. The van der Waals surface area contributed by atoms with E-state index in [2.05, 4.69) is 25.5 Å². The Bertz CT molecular complexity index is 1420. The quantitative estimate of drug-likeness (QED) is 0.397. The smallest absolute Gasteiger partial charge is 0.259 e. The Morgan fingerprint density at radius 3 is 2.12 bits per heavy atom. The molecule has 0 bridgehead atoms. The van der Waals surface area contributed by atoms with Crippen LogP contribution in [-0.2, 0) is 0 Å². The molecule has 5 rings (SSSR count). The summed E-state index contributed by atoms with van der Waals surface area (Å²) in [6, 6.07) is 19.5. The topological polar surface area (TPSA) is 93.8 Å². The maximum atomic E-state index is 13.3. The van der Waals surface area contributed by atoms with E-state index >= 15 is 0 Å².